The maximum absolute atomic E-state index is 12.2. The van der Waals surface area contributed by atoms with E-state index in [1.54, 1.807) is 19.2 Å². The van der Waals surface area contributed by atoms with E-state index in [1.165, 1.54) is 6.92 Å². The van der Waals surface area contributed by atoms with E-state index in [1.807, 2.05) is 12.1 Å². The number of para-hydroxylation sites is 2. The Bertz CT molecular complexity index is 533. The first-order valence-corrected chi connectivity index (χ1v) is 7.50. The van der Waals surface area contributed by atoms with Gasteiger partial charge in [0.1, 0.15) is 0 Å². The van der Waals surface area contributed by atoms with Crippen molar-refractivity contribution in [3.63, 3.8) is 0 Å². The van der Waals surface area contributed by atoms with Crippen molar-refractivity contribution in [1.29, 1.82) is 0 Å². The number of hydrogen-bond donors (Lipinski definition) is 2. The van der Waals surface area contributed by atoms with Gasteiger partial charge in [-0.05, 0) is 31.5 Å². The van der Waals surface area contributed by atoms with E-state index >= 15 is 0 Å². The number of carbonyl (C=O) groups excluding carboxylic acids is 2. The minimum absolute atomic E-state index is 0.0884. The normalized spacial score (nSPS) is 18.7. The lowest BCUT2D eigenvalue weighted by Crippen LogP contribution is -2.43. The van der Waals surface area contributed by atoms with Gasteiger partial charge in [-0.2, -0.15) is 0 Å². The summed E-state index contributed by atoms with van der Waals surface area (Å²) in [7, 11) is 1.71. The molecule has 0 aliphatic carbocycles. The highest BCUT2D eigenvalue weighted by molar-refractivity contribution is 5.99. The van der Waals surface area contributed by atoms with E-state index in [0.29, 0.717) is 17.9 Å². The second kappa shape index (κ2) is 7.91. The minimum Gasteiger partial charge on any atom is -0.380 e. The number of nitrogens with zero attached hydrogens (tertiary/aromatic N) is 1. The number of methoxy groups -OCH3 is 1. The van der Waals surface area contributed by atoms with Gasteiger partial charge in [0.2, 0.25) is 11.8 Å². The molecule has 0 bridgehead atoms. The van der Waals surface area contributed by atoms with E-state index in [4.69, 9.17) is 4.74 Å². The summed E-state index contributed by atoms with van der Waals surface area (Å²) < 4.78 is 5.36. The van der Waals surface area contributed by atoms with Gasteiger partial charge < -0.3 is 15.4 Å². The van der Waals surface area contributed by atoms with Crippen molar-refractivity contribution in [2.45, 2.75) is 25.9 Å². The summed E-state index contributed by atoms with van der Waals surface area (Å²) in [6.45, 7) is 3.45. The number of rotatable bonds is 5. The van der Waals surface area contributed by atoms with Crippen LogP contribution in [0.4, 0.5) is 11.4 Å². The fourth-order valence-corrected chi connectivity index (χ4v) is 2.63. The molecule has 0 spiro atoms. The second-order valence-corrected chi connectivity index (χ2v) is 5.51. The van der Waals surface area contributed by atoms with Crippen LogP contribution in [0.1, 0.15) is 19.8 Å². The molecule has 1 aromatic rings. The van der Waals surface area contributed by atoms with Crippen LogP contribution in [-0.2, 0) is 14.3 Å². The Morgan fingerprint density at radius 1 is 1.27 bits per heavy atom. The van der Waals surface area contributed by atoms with Crippen LogP contribution in [0, 0.1) is 0 Å². The zero-order valence-corrected chi connectivity index (χ0v) is 13.1. The minimum atomic E-state index is -0.166. The molecule has 1 aliphatic rings. The molecule has 1 fully saturated rings. The molecule has 1 aliphatic heterocycles. The lowest BCUT2D eigenvalue weighted by molar-refractivity contribution is -0.118. The van der Waals surface area contributed by atoms with Crippen LogP contribution in [0.2, 0.25) is 0 Å². The zero-order valence-electron chi connectivity index (χ0n) is 13.1. The number of carbonyl (C=O) groups is 2. The van der Waals surface area contributed by atoms with Crippen molar-refractivity contribution in [1.82, 2.24) is 4.90 Å². The Morgan fingerprint density at radius 3 is 2.59 bits per heavy atom. The Labute approximate surface area is 130 Å². The number of benzene rings is 1. The van der Waals surface area contributed by atoms with Gasteiger partial charge in [0, 0.05) is 20.6 Å². The second-order valence-electron chi connectivity index (χ2n) is 5.51. The molecular formula is C16H23N3O3. The number of ether oxygens (including phenoxy) is 1. The molecule has 2 amide bonds. The van der Waals surface area contributed by atoms with Crippen molar-refractivity contribution in [3.05, 3.63) is 24.3 Å². The average molecular weight is 305 g/mol. The van der Waals surface area contributed by atoms with Gasteiger partial charge >= 0.3 is 0 Å². The summed E-state index contributed by atoms with van der Waals surface area (Å²) in [5.41, 5.74) is 1.22. The first-order chi connectivity index (χ1) is 10.6. The predicted octanol–water partition coefficient (Wildman–Crippen LogP) is 1.69. The number of anilines is 2. The van der Waals surface area contributed by atoms with Crippen molar-refractivity contribution in [2.75, 3.05) is 37.4 Å². The quantitative estimate of drug-likeness (QED) is 0.868. The fraction of sp³-hybridized carbons (Fsp3) is 0.500. The van der Waals surface area contributed by atoms with E-state index in [2.05, 4.69) is 15.5 Å². The summed E-state index contributed by atoms with van der Waals surface area (Å²) in [5, 5.41) is 5.57. The van der Waals surface area contributed by atoms with Crippen LogP contribution in [0.15, 0.2) is 24.3 Å². The fourth-order valence-electron chi connectivity index (χ4n) is 2.63. The number of amides is 2. The monoisotopic (exact) mass is 305 g/mol. The summed E-state index contributed by atoms with van der Waals surface area (Å²) >= 11 is 0. The van der Waals surface area contributed by atoms with Gasteiger partial charge in [-0.15, -0.1) is 0 Å². The molecule has 1 atom stereocenters. The molecule has 0 radical (unpaired) electrons. The molecule has 2 N–H and O–H groups in total. The summed E-state index contributed by atoms with van der Waals surface area (Å²) in [4.78, 5) is 25.5. The van der Waals surface area contributed by atoms with E-state index in [-0.39, 0.29) is 17.9 Å². The number of nitrogens with one attached hydrogen (secondary N) is 2. The molecular weight excluding hydrogens is 282 g/mol. The summed E-state index contributed by atoms with van der Waals surface area (Å²) in [5.74, 6) is -0.254. The van der Waals surface area contributed by atoms with E-state index < -0.39 is 0 Å². The largest absolute Gasteiger partial charge is 0.380 e. The number of piperidine rings is 1. The van der Waals surface area contributed by atoms with E-state index in [0.717, 1.165) is 25.9 Å². The molecule has 1 saturated heterocycles. The lowest BCUT2D eigenvalue weighted by atomic mass is 10.1. The number of likely N-dealkylation sites (tertiary alicyclic amines) is 1. The molecule has 1 aromatic carbocycles. The van der Waals surface area contributed by atoms with Crippen molar-refractivity contribution in [3.8, 4) is 0 Å². The molecule has 2 rings (SSSR count). The van der Waals surface area contributed by atoms with Crippen molar-refractivity contribution >= 4 is 23.2 Å². The highest BCUT2D eigenvalue weighted by Crippen LogP contribution is 2.21. The van der Waals surface area contributed by atoms with Crippen LogP contribution >= 0.6 is 0 Å². The topological polar surface area (TPSA) is 70.7 Å². The smallest absolute Gasteiger partial charge is 0.238 e. The van der Waals surface area contributed by atoms with Crippen LogP contribution < -0.4 is 10.6 Å². The number of hydrogen-bond acceptors (Lipinski definition) is 4. The van der Waals surface area contributed by atoms with E-state index in [9.17, 15) is 9.59 Å². The molecule has 0 saturated carbocycles. The third kappa shape index (κ3) is 4.82. The predicted molar refractivity (Wildman–Crippen MR) is 85.8 cm³/mol. The van der Waals surface area contributed by atoms with Crippen molar-refractivity contribution < 1.29 is 14.3 Å². The molecule has 0 aromatic heterocycles. The van der Waals surface area contributed by atoms with Crippen LogP contribution in [-0.4, -0.2) is 49.6 Å². The average Bonchev–Trinajstić information content (AvgIpc) is 2.49. The first-order valence-electron chi connectivity index (χ1n) is 7.50. The van der Waals surface area contributed by atoms with Crippen LogP contribution in [0.3, 0.4) is 0 Å². The lowest BCUT2D eigenvalue weighted by Gasteiger charge is -2.31. The first kappa shape index (κ1) is 16.5. The van der Waals surface area contributed by atoms with Gasteiger partial charge in [-0.1, -0.05) is 12.1 Å². The third-order valence-electron chi connectivity index (χ3n) is 3.67. The maximum Gasteiger partial charge on any atom is 0.238 e. The molecule has 6 heteroatoms. The third-order valence-corrected chi connectivity index (χ3v) is 3.67. The van der Waals surface area contributed by atoms with Gasteiger partial charge in [-0.3, -0.25) is 14.5 Å². The van der Waals surface area contributed by atoms with Crippen LogP contribution in [0.25, 0.3) is 0 Å². The highest BCUT2D eigenvalue weighted by Gasteiger charge is 2.21. The summed E-state index contributed by atoms with van der Waals surface area (Å²) in [6, 6.07) is 7.17. The van der Waals surface area contributed by atoms with Gasteiger partial charge in [-0.25, -0.2) is 0 Å². The Balaban J connectivity index is 1.93. The maximum atomic E-state index is 12.2. The highest BCUT2D eigenvalue weighted by atomic mass is 16.5. The molecule has 1 heterocycles. The molecule has 120 valence electrons. The summed E-state index contributed by atoms with van der Waals surface area (Å²) in [6.07, 6.45) is 2.28. The van der Waals surface area contributed by atoms with Gasteiger partial charge in [0.05, 0.1) is 24.0 Å². The zero-order chi connectivity index (χ0) is 15.9. The molecule has 6 nitrogen and oxygen atoms in total. The Kier molecular flexibility index (Phi) is 5.91. The Hall–Kier alpha value is -1.92. The van der Waals surface area contributed by atoms with Gasteiger partial charge in [0.15, 0.2) is 0 Å². The molecule has 1 unspecified atom stereocenters. The Morgan fingerprint density at radius 2 is 1.95 bits per heavy atom. The standard InChI is InChI=1S/C16H23N3O3/c1-12(20)17-14-7-3-4-8-15(14)18-16(21)11-19-9-5-6-13(10-19)22-2/h3-4,7-8,13H,5-6,9-11H2,1-2H3,(H,17,20)(H,18,21). The SMILES string of the molecule is COC1CCCN(CC(=O)Nc2ccccc2NC(C)=O)C1. The van der Waals surface area contributed by atoms with Gasteiger partial charge in [0.25, 0.3) is 0 Å². The van der Waals surface area contributed by atoms with Crippen molar-refractivity contribution in [2.24, 2.45) is 0 Å². The molecule has 22 heavy (non-hydrogen) atoms. The van der Waals surface area contributed by atoms with Crippen LogP contribution in [0.5, 0.6) is 0 Å².